The second kappa shape index (κ2) is 8.62. The third-order valence-corrected chi connectivity index (χ3v) is 4.69. The summed E-state index contributed by atoms with van der Waals surface area (Å²) in [7, 11) is 0. The second-order valence-electron chi connectivity index (χ2n) is 7.85. The highest BCUT2D eigenvalue weighted by Gasteiger charge is 2.46. The van der Waals surface area contributed by atoms with Crippen molar-refractivity contribution in [1.82, 2.24) is 0 Å². The highest BCUT2D eigenvalue weighted by atomic mass is 16.6. The summed E-state index contributed by atoms with van der Waals surface area (Å²) < 4.78 is 17.8. The van der Waals surface area contributed by atoms with Gasteiger partial charge in [0.15, 0.2) is 0 Å². The molecular weight excluding hydrogens is 280 g/mol. The van der Waals surface area contributed by atoms with E-state index in [0.29, 0.717) is 13.2 Å². The molecule has 132 valence electrons. The molecule has 0 aromatic rings. The van der Waals surface area contributed by atoms with E-state index in [2.05, 4.69) is 27.7 Å². The molecule has 4 nitrogen and oxygen atoms in total. The Balaban J connectivity index is 2.37. The Morgan fingerprint density at radius 1 is 0.909 bits per heavy atom. The minimum Gasteiger partial charge on any atom is -0.394 e. The Bertz CT molecular complexity index is 305. The van der Waals surface area contributed by atoms with Gasteiger partial charge in [-0.05, 0) is 39.0 Å². The van der Waals surface area contributed by atoms with Crippen molar-refractivity contribution in [3.05, 3.63) is 0 Å². The van der Waals surface area contributed by atoms with Gasteiger partial charge in [0.25, 0.3) is 0 Å². The lowest BCUT2D eigenvalue weighted by atomic mass is 9.75. The molecule has 1 aliphatic carbocycles. The average Bonchev–Trinajstić information content (AvgIpc) is 2.91. The van der Waals surface area contributed by atoms with Crippen LogP contribution in [-0.2, 0) is 14.2 Å². The molecule has 0 saturated heterocycles. The van der Waals surface area contributed by atoms with Gasteiger partial charge < -0.3 is 19.3 Å². The van der Waals surface area contributed by atoms with Crippen LogP contribution in [0.15, 0.2) is 0 Å². The minimum atomic E-state index is -0.137. The largest absolute Gasteiger partial charge is 0.394 e. The van der Waals surface area contributed by atoms with E-state index >= 15 is 0 Å². The standard InChI is InChI=1S/C18H36O4/c1-14(11-19)20-12-15(2)21-13-16(3)22-18(17(4,5)6)9-7-8-10-18/h14-16,19H,7-13H2,1-6H3. The molecular formula is C18H36O4. The van der Waals surface area contributed by atoms with Gasteiger partial charge in [0.2, 0.25) is 0 Å². The first-order valence-electron chi connectivity index (χ1n) is 8.72. The van der Waals surface area contributed by atoms with E-state index in [-0.39, 0.29) is 35.9 Å². The molecule has 0 amide bonds. The van der Waals surface area contributed by atoms with Gasteiger partial charge in [-0.15, -0.1) is 0 Å². The number of rotatable bonds is 9. The summed E-state index contributed by atoms with van der Waals surface area (Å²) in [5, 5.41) is 8.94. The molecule has 0 aliphatic heterocycles. The van der Waals surface area contributed by atoms with Crippen LogP contribution in [0.1, 0.15) is 67.2 Å². The molecule has 0 aromatic heterocycles. The summed E-state index contributed by atoms with van der Waals surface area (Å²) in [6, 6.07) is 0. The maximum atomic E-state index is 8.94. The van der Waals surface area contributed by atoms with Gasteiger partial charge in [0, 0.05) is 0 Å². The van der Waals surface area contributed by atoms with Gasteiger partial charge in [-0.1, -0.05) is 33.6 Å². The fraction of sp³-hybridized carbons (Fsp3) is 1.00. The van der Waals surface area contributed by atoms with E-state index in [1.165, 1.54) is 12.8 Å². The summed E-state index contributed by atoms with van der Waals surface area (Å²) in [6.07, 6.45) is 4.76. The molecule has 0 radical (unpaired) electrons. The van der Waals surface area contributed by atoms with E-state index in [9.17, 15) is 0 Å². The van der Waals surface area contributed by atoms with Gasteiger partial charge in [-0.3, -0.25) is 0 Å². The lowest BCUT2D eigenvalue weighted by molar-refractivity contribution is -0.167. The minimum absolute atomic E-state index is 0.00853. The average molecular weight is 316 g/mol. The molecule has 1 aliphatic rings. The molecule has 0 heterocycles. The van der Waals surface area contributed by atoms with Gasteiger partial charge in [0.05, 0.1) is 43.7 Å². The Morgan fingerprint density at radius 2 is 1.41 bits per heavy atom. The fourth-order valence-corrected chi connectivity index (χ4v) is 3.11. The maximum Gasteiger partial charge on any atom is 0.0788 e. The van der Waals surface area contributed by atoms with Crippen molar-refractivity contribution >= 4 is 0 Å². The van der Waals surface area contributed by atoms with E-state index in [0.717, 1.165) is 12.8 Å². The normalized spacial score (nSPS) is 22.5. The van der Waals surface area contributed by atoms with Crippen LogP contribution in [0.3, 0.4) is 0 Å². The molecule has 1 saturated carbocycles. The summed E-state index contributed by atoms with van der Waals surface area (Å²) >= 11 is 0. The molecule has 0 bridgehead atoms. The van der Waals surface area contributed by atoms with Crippen LogP contribution in [0.5, 0.6) is 0 Å². The van der Waals surface area contributed by atoms with Crippen LogP contribution in [-0.4, -0.2) is 48.8 Å². The van der Waals surface area contributed by atoms with Crippen molar-refractivity contribution < 1.29 is 19.3 Å². The molecule has 3 atom stereocenters. The van der Waals surface area contributed by atoms with E-state index in [1.54, 1.807) is 0 Å². The number of ether oxygens (including phenoxy) is 3. The number of aliphatic hydroxyl groups excluding tert-OH is 1. The number of aliphatic hydroxyl groups is 1. The quantitative estimate of drug-likeness (QED) is 0.706. The third-order valence-electron chi connectivity index (χ3n) is 4.69. The van der Waals surface area contributed by atoms with Crippen molar-refractivity contribution in [2.24, 2.45) is 5.41 Å². The molecule has 0 spiro atoms. The zero-order chi connectivity index (χ0) is 16.8. The molecule has 3 unspecified atom stereocenters. The first-order chi connectivity index (χ1) is 10.2. The van der Waals surface area contributed by atoms with Crippen LogP contribution in [0, 0.1) is 5.41 Å². The fourth-order valence-electron chi connectivity index (χ4n) is 3.11. The molecule has 4 heteroatoms. The van der Waals surface area contributed by atoms with Crippen LogP contribution in [0.4, 0.5) is 0 Å². The third kappa shape index (κ3) is 5.80. The van der Waals surface area contributed by atoms with Crippen molar-refractivity contribution in [1.29, 1.82) is 0 Å². The summed E-state index contributed by atoms with van der Waals surface area (Å²) in [4.78, 5) is 0. The van der Waals surface area contributed by atoms with Crippen molar-refractivity contribution in [3.63, 3.8) is 0 Å². The molecule has 22 heavy (non-hydrogen) atoms. The number of hydrogen-bond acceptors (Lipinski definition) is 4. The second-order valence-corrected chi connectivity index (χ2v) is 7.85. The smallest absolute Gasteiger partial charge is 0.0788 e. The van der Waals surface area contributed by atoms with Gasteiger partial charge in [0.1, 0.15) is 0 Å². The maximum absolute atomic E-state index is 8.94. The van der Waals surface area contributed by atoms with Crippen LogP contribution >= 0.6 is 0 Å². The first-order valence-corrected chi connectivity index (χ1v) is 8.72. The summed E-state index contributed by atoms with van der Waals surface area (Å²) in [5.74, 6) is 0. The Hall–Kier alpha value is -0.160. The van der Waals surface area contributed by atoms with Crippen LogP contribution < -0.4 is 0 Å². The zero-order valence-electron chi connectivity index (χ0n) is 15.4. The predicted molar refractivity (Wildman–Crippen MR) is 89.1 cm³/mol. The van der Waals surface area contributed by atoms with Crippen molar-refractivity contribution in [2.45, 2.75) is 91.1 Å². The molecule has 1 N–H and O–H groups in total. The van der Waals surface area contributed by atoms with E-state index < -0.39 is 0 Å². The SMILES string of the molecule is CC(CO)OCC(C)OCC(C)OC1(C(C)(C)C)CCCC1. The first kappa shape index (κ1) is 19.9. The Kier molecular flexibility index (Phi) is 7.80. The van der Waals surface area contributed by atoms with Gasteiger partial charge >= 0.3 is 0 Å². The lowest BCUT2D eigenvalue weighted by Crippen LogP contribution is -2.46. The highest BCUT2D eigenvalue weighted by molar-refractivity contribution is 4.96. The van der Waals surface area contributed by atoms with Gasteiger partial charge in [-0.2, -0.15) is 0 Å². The van der Waals surface area contributed by atoms with Crippen molar-refractivity contribution in [3.8, 4) is 0 Å². The Labute approximate surface area is 136 Å². The van der Waals surface area contributed by atoms with Crippen LogP contribution in [0.25, 0.3) is 0 Å². The highest BCUT2D eigenvalue weighted by Crippen LogP contribution is 2.46. The summed E-state index contributed by atoms with van der Waals surface area (Å²) in [6.45, 7) is 13.9. The number of hydrogen-bond donors (Lipinski definition) is 1. The zero-order valence-corrected chi connectivity index (χ0v) is 15.4. The monoisotopic (exact) mass is 316 g/mol. The van der Waals surface area contributed by atoms with Crippen molar-refractivity contribution in [2.75, 3.05) is 19.8 Å². The van der Waals surface area contributed by atoms with E-state index in [1.807, 2.05) is 13.8 Å². The molecule has 0 aromatic carbocycles. The summed E-state index contributed by atoms with van der Waals surface area (Å²) in [5.41, 5.74) is 0.143. The Morgan fingerprint density at radius 3 is 1.91 bits per heavy atom. The topological polar surface area (TPSA) is 47.9 Å². The van der Waals surface area contributed by atoms with Gasteiger partial charge in [-0.25, -0.2) is 0 Å². The lowest BCUT2D eigenvalue weighted by Gasteiger charge is -2.43. The molecule has 1 fully saturated rings. The van der Waals surface area contributed by atoms with Crippen LogP contribution in [0.2, 0.25) is 0 Å². The predicted octanol–water partition coefficient (Wildman–Crippen LogP) is 3.55. The van der Waals surface area contributed by atoms with E-state index in [4.69, 9.17) is 19.3 Å². The molecule has 1 rings (SSSR count).